The number of hydrogen-bond acceptors (Lipinski definition) is 14. The monoisotopic (exact) mass is 967 g/mol. The van der Waals surface area contributed by atoms with E-state index in [2.05, 4.69) is 74.6 Å². The summed E-state index contributed by atoms with van der Waals surface area (Å²) in [4.78, 5) is 13.0. The molecule has 0 radical (unpaired) electrons. The summed E-state index contributed by atoms with van der Waals surface area (Å²) in [5.41, 5.74) is 0. The molecule has 11 unspecified atom stereocenters. The van der Waals surface area contributed by atoms with Crippen molar-refractivity contribution in [3.63, 3.8) is 0 Å². The molecule has 0 aromatic rings. The lowest BCUT2D eigenvalue weighted by Crippen LogP contribution is -2.61. The number of aliphatic hydroxyl groups excluding tert-OH is 7. The summed E-state index contributed by atoms with van der Waals surface area (Å²) in [5.74, 6) is -0.395. The quantitative estimate of drug-likeness (QED) is 0.0175. The predicted octanol–water partition coefficient (Wildman–Crippen LogP) is 8.13. The van der Waals surface area contributed by atoms with Crippen molar-refractivity contribution < 1.29 is 69.0 Å². The second-order valence-electron chi connectivity index (χ2n) is 18.3. The summed E-state index contributed by atoms with van der Waals surface area (Å²) in [6.45, 7) is 3.55. The number of aliphatic hydroxyl groups is 7. The van der Waals surface area contributed by atoms with E-state index in [0.29, 0.717) is 13.0 Å². The Balaban J connectivity index is 1.76. The number of esters is 1. The molecule has 0 aromatic heterocycles. The minimum Gasteiger partial charge on any atom is -0.457 e. The van der Waals surface area contributed by atoms with E-state index >= 15 is 0 Å². The van der Waals surface area contributed by atoms with Crippen molar-refractivity contribution in [3.8, 4) is 0 Å². The average Bonchev–Trinajstić information content (AvgIpc) is 3.33. The third-order valence-electron chi connectivity index (χ3n) is 12.3. The van der Waals surface area contributed by atoms with Gasteiger partial charge in [0.25, 0.3) is 0 Å². The Bertz CT molecular complexity index is 1350. The number of rotatable bonds is 41. The van der Waals surface area contributed by atoms with Gasteiger partial charge in [0.1, 0.15) is 54.9 Å². The normalized spacial score (nSPS) is 26.4. The molecule has 0 amide bonds. The van der Waals surface area contributed by atoms with E-state index in [1.165, 1.54) is 64.2 Å². The zero-order chi connectivity index (χ0) is 49.5. The molecular weight excluding hydrogens is 873 g/mol. The Morgan fingerprint density at radius 3 is 1.50 bits per heavy atom. The highest BCUT2D eigenvalue weighted by molar-refractivity contribution is 5.69. The number of unbranched alkanes of at least 4 members (excludes halogenated alkanes) is 17. The maximum atomic E-state index is 13.0. The van der Waals surface area contributed by atoms with E-state index in [-0.39, 0.29) is 19.6 Å². The van der Waals surface area contributed by atoms with E-state index < -0.39 is 86.7 Å². The highest BCUT2D eigenvalue weighted by Gasteiger charge is 2.47. The van der Waals surface area contributed by atoms with Gasteiger partial charge in [0.2, 0.25) is 0 Å². The standard InChI is InChI=1S/C54H94O14/c1-3-5-7-9-11-13-15-17-18-19-20-21-22-23-24-25-27-29-31-33-35-37-46(56)66-43(40-63-38-36-34-32-30-28-26-16-14-12-10-8-6-4-2)41-64-53-52(62)50(60)48(58)45(68-53)42-65-54-51(61)49(59)47(57)44(39-55)67-54/h5,7,11,13,17-18,20-21,23-24,43-45,47-55,57-62H,3-4,6,8-10,12,14-16,19,22,25-42H2,1-2H3/b7-5-,13-11-,18-17-,21-20-,24-23-. The summed E-state index contributed by atoms with van der Waals surface area (Å²) in [6.07, 6.45) is 32.8. The van der Waals surface area contributed by atoms with Gasteiger partial charge in [-0.15, -0.1) is 0 Å². The summed E-state index contributed by atoms with van der Waals surface area (Å²) in [5, 5.41) is 72.1. The van der Waals surface area contributed by atoms with Crippen LogP contribution in [0.5, 0.6) is 0 Å². The molecule has 0 aliphatic carbocycles. The first-order valence-corrected chi connectivity index (χ1v) is 26.4. The second-order valence-corrected chi connectivity index (χ2v) is 18.3. The average molecular weight is 967 g/mol. The molecule has 0 saturated carbocycles. The van der Waals surface area contributed by atoms with Crippen molar-refractivity contribution >= 4 is 5.97 Å². The fourth-order valence-corrected chi connectivity index (χ4v) is 8.02. The van der Waals surface area contributed by atoms with Gasteiger partial charge in [-0.1, -0.05) is 171 Å². The van der Waals surface area contributed by atoms with Gasteiger partial charge in [-0.3, -0.25) is 4.79 Å². The van der Waals surface area contributed by atoms with Crippen molar-refractivity contribution in [2.45, 2.75) is 242 Å². The fourth-order valence-electron chi connectivity index (χ4n) is 8.02. The first-order chi connectivity index (χ1) is 33.1. The Kier molecular flexibility index (Phi) is 37.6. The minimum atomic E-state index is -1.71. The van der Waals surface area contributed by atoms with Crippen LogP contribution in [0.3, 0.4) is 0 Å². The molecule has 11 atom stereocenters. The molecule has 2 fully saturated rings. The Labute approximate surface area is 409 Å². The number of carbonyl (C=O) groups is 1. The highest BCUT2D eigenvalue weighted by atomic mass is 16.7. The van der Waals surface area contributed by atoms with Gasteiger partial charge >= 0.3 is 5.97 Å². The van der Waals surface area contributed by atoms with E-state index in [0.717, 1.165) is 83.5 Å². The van der Waals surface area contributed by atoms with E-state index in [4.69, 9.17) is 28.4 Å². The Morgan fingerprint density at radius 1 is 0.500 bits per heavy atom. The number of carbonyl (C=O) groups excluding carboxylic acids is 1. The number of hydrogen-bond donors (Lipinski definition) is 7. The van der Waals surface area contributed by atoms with Crippen LogP contribution in [0.1, 0.15) is 174 Å². The summed E-state index contributed by atoms with van der Waals surface area (Å²) >= 11 is 0. The van der Waals surface area contributed by atoms with Crippen LogP contribution in [-0.2, 0) is 33.2 Å². The van der Waals surface area contributed by atoms with E-state index in [1.807, 2.05) is 0 Å². The molecule has 0 aromatic carbocycles. The van der Waals surface area contributed by atoms with Crippen LogP contribution in [-0.4, -0.2) is 142 Å². The predicted molar refractivity (Wildman–Crippen MR) is 266 cm³/mol. The second kappa shape index (κ2) is 41.3. The Morgan fingerprint density at radius 2 is 0.956 bits per heavy atom. The van der Waals surface area contributed by atoms with Crippen LogP contribution in [0.4, 0.5) is 0 Å². The Hall–Kier alpha value is -2.31. The lowest BCUT2D eigenvalue weighted by molar-refractivity contribution is -0.332. The number of ether oxygens (including phenoxy) is 6. The molecule has 2 aliphatic heterocycles. The molecule has 7 N–H and O–H groups in total. The largest absolute Gasteiger partial charge is 0.457 e. The molecule has 14 nitrogen and oxygen atoms in total. The third-order valence-corrected chi connectivity index (χ3v) is 12.3. The molecule has 2 rings (SSSR count). The van der Waals surface area contributed by atoms with Gasteiger partial charge in [-0.25, -0.2) is 0 Å². The van der Waals surface area contributed by atoms with Crippen molar-refractivity contribution in [1.29, 1.82) is 0 Å². The summed E-state index contributed by atoms with van der Waals surface area (Å²) in [6, 6.07) is 0. The van der Waals surface area contributed by atoms with Gasteiger partial charge in [-0.05, 0) is 57.8 Å². The molecule has 394 valence electrons. The van der Waals surface area contributed by atoms with Crippen LogP contribution < -0.4 is 0 Å². The zero-order valence-corrected chi connectivity index (χ0v) is 41.8. The van der Waals surface area contributed by atoms with Gasteiger partial charge < -0.3 is 64.2 Å². The van der Waals surface area contributed by atoms with Gasteiger partial charge in [0.05, 0.1) is 26.4 Å². The topological polar surface area (TPSA) is 214 Å². The van der Waals surface area contributed by atoms with Crippen molar-refractivity contribution in [2.75, 3.05) is 33.0 Å². The van der Waals surface area contributed by atoms with Crippen molar-refractivity contribution in [2.24, 2.45) is 0 Å². The van der Waals surface area contributed by atoms with Gasteiger partial charge in [-0.2, -0.15) is 0 Å². The molecule has 2 saturated heterocycles. The summed E-state index contributed by atoms with van der Waals surface area (Å²) in [7, 11) is 0. The van der Waals surface area contributed by atoms with E-state index in [9.17, 15) is 40.5 Å². The van der Waals surface area contributed by atoms with Crippen LogP contribution in [0, 0.1) is 0 Å². The van der Waals surface area contributed by atoms with Crippen LogP contribution >= 0.6 is 0 Å². The lowest BCUT2D eigenvalue weighted by atomic mass is 9.98. The highest BCUT2D eigenvalue weighted by Crippen LogP contribution is 2.26. The summed E-state index contributed by atoms with van der Waals surface area (Å²) < 4.78 is 34.3. The molecule has 68 heavy (non-hydrogen) atoms. The maximum absolute atomic E-state index is 13.0. The number of allylic oxidation sites excluding steroid dienone is 10. The molecule has 14 heteroatoms. The first kappa shape index (κ1) is 61.8. The molecular formula is C54H94O14. The SMILES string of the molecule is CC/C=C\C/C=C\C/C=C\C/C=C\C/C=C\CCCCCCCC(=O)OC(COCCCCCCCCCCCCCCC)COC1OC(COC2OC(CO)C(O)C(O)C2O)C(O)C(O)C1O. The first-order valence-electron chi connectivity index (χ1n) is 26.4. The van der Waals surface area contributed by atoms with Crippen molar-refractivity contribution in [1.82, 2.24) is 0 Å². The van der Waals surface area contributed by atoms with Crippen LogP contribution in [0.15, 0.2) is 60.8 Å². The van der Waals surface area contributed by atoms with Crippen LogP contribution in [0.25, 0.3) is 0 Å². The van der Waals surface area contributed by atoms with Crippen LogP contribution in [0.2, 0.25) is 0 Å². The third kappa shape index (κ3) is 28.5. The molecule has 2 heterocycles. The molecule has 2 aliphatic rings. The van der Waals surface area contributed by atoms with Crippen molar-refractivity contribution in [3.05, 3.63) is 60.8 Å². The van der Waals surface area contributed by atoms with Gasteiger partial charge in [0.15, 0.2) is 12.6 Å². The lowest BCUT2D eigenvalue weighted by Gasteiger charge is -2.42. The van der Waals surface area contributed by atoms with E-state index in [1.54, 1.807) is 0 Å². The fraction of sp³-hybridized carbons (Fsp3) is 0.796. The molecule has 0 spiro atoms. The minimum absolute atomic E-state index is 0.0530. The van der Waals surface area contributed by atoms with Gasteiger partial charge in [0, 0.05) is 13.0 Å². The smallest absolute Gasteiger partial charge is 0.306 e. The maximum Gasteiger partial charge on any atom is 0.306 e. The molecule has 0 bridgehead atoms. The zero-order valence-electron chi connectivity index (χ0n) is 41.8.